The van der Waals surface area contributed by atoms with Crippen LogP contribution < -0.4 is 10.7 Å². The van der Waals surface area contributed by atoms with Crippen molar-refractivity contribution in [3.05, 3.63) is 64.2 Å². The molecule has 10 nitrogen and oxygen atoms in total. The molecule has 0 aliphatic heterocycles. The molecule has 0 saturated carbocycles. The second kappa shape index (κ2) is 7.10. The number of H-pyrrole nitrogens is 1. The maximum Gasteiger partial charge on any atom is 0.440 e. The molecule has 3 rings (SSSR count). The summed E-state index contributed by atoms with van der Waals surface area (Å²) in [6.45, 7) is 1.72. The molecule has 0 spiro atoms. The van der Waals surface area contributed by atoms with Gasteiger partial charge in [0.1, 0.15) is 9.92 Å². The minimum absolute atomic E-state index is 0.0812. The lowest BCUT2D eigenvalue weighted by Crippen LogP contribution is -2.18. The molecule has 142 valence electrons. The summed E-state index contributed by atoms with van der Waals surface area (Å²) >= 11 is 0. The van der Waals surface area contributed by atoms with Gasteiger partial charge < -0.3 is 5.11 Å². The van der Waals surface area contributed by atoms with Gasteiger partial charge >= 0.3 is 6.09 Å². The molecule has 4 N–H and O–H groups in total. The topological polar surface area (TPSA) is 167 Å². The van der Waals surface area contributed by atoms with Crippen LogP contribution in [0.4, 0.5) is 4.79 Å². The number of aromatic amines is 1. The Morgan fingerprint density at radius 1 is 1.32 bits per heavy atom. The highest BCUT2D eigenvalue weighted by atomic mass is 32.2. The molecule has 0 saturated heterocycles. The number of nitrogens with zero attached hydrogens (tertiary/aromatic N) is 4. The van der Waals surface area contributed by atoms with Crippen molar-refractivity contribution in [3.8, 4) is 23.0 Å². The molecule has 0 aliphatic rings. The first kappa shape index (κ1) is 19.0. The Morgan fingerprint density at radius 3 is 2.54 bits per heavy atom. The number of carbonyl (C=O) groups is 1. The summed E-state index contributed by atoms with van der Waals surface area (Å²) < 4.78 is 16.2. The predicted octanol–water partition coefficient (Wildman–Crippen LogP) is 1.79. The van der Waals surface area contributed by atoms with Crippen molar-refractivity contribution in [3.63, 3.8) is 0 Å². The van der Waals surface area contributed by atoms with Gasteiger partial charge in [-0.1, -0.05) is 12.1 Å². The normalized spacial score (nSPS) is 12.8. The van der Waals surface area contributed by atoms with Gasteiger partial charge in [0.25, 0.3) is 5.56 Å². The summed E-state index contributed by atoms with van der Waals surface area (Å²) in [5, 5.41) is 25.9. The number of hydrogen-bond acceptors (Lipinski definition) is 5. The van der Waals surface area contributed by atoms with Gasteiger partial charge in [-0.15, -0.1) is 4.36 Å². The van der Waals surface area contributed by atoms with Crippen LogP contribution in [0.3, 0.4) is 0 Å². The van der Waals surface area contributed by atoms with E-state index in [-0.39, 0.29) is 16.3 Å². The van der Waals surface area contributed by atoms with Crippen molar-refractivity contribution < 1.29 is 14.1 Å². The number of aryl methyl sites for hydroxylation is 1. The highest BCUT2D eigenvalue weighted by Gasteiger charge is 2.16. The lowest BCUT2D eigenvalue weighted by Gasteiger charge is -2.04. The lowest BCUT2D eigenvalue weighted by atomic mass is 10.1. The van der Waals surface area contributed by atoms with Gasteiger partial charge in [0.15, 0.2) is 5.82 Å². The number of amides is 1. The van der Waals surface area contributed by atoms with Crippen molar-refractivity contribution in [2.45, 2.75) is 11.8 Å². The van der Waals surface area contributed by atoms with E-state index in [4.69, 9.17) is 15.5 Å². The fourth-order valence-electron chi connectivity index (χ4n) is 2.61. The van der Waals surface area contributed by atoms with Crippen molar-refractivity contribution in [2.24, 2.45) is 9.50 Å². The second-order valence-corrected chi connectivity index (χ2v) is 7.53. The zero-order chi connectivity index (χ0) is 20.5. The Morgan fingerprint density at radius 2 is 2.00 bits per heavy atom. The first-order valence-corrected chi connectivity index (χ1v) is 9.37. The lowest BCUT2D eigenvalue weighted by molar-refractivity contribution is 0.206. The third kappa shape index (κ3) is 3.54. The van der Waals surface area contributed by atoms with Gasteiger partial charge in [-0.2, -0.15) is 5.26 Å². The van der Waals surface area contributed by atoms with Crippen LogP contribution in [-0.4, -0.2) is 30.2 Å². The number of nitrogens with one attached hydrogen (secondary N) is 1. The number of hydrogen-bond donors (Lipinski definition) is 3. The molecular weight excluding hydrogens is 384 g/mol. The van der Waals surface area contributed by atoms with Gasteiger partial charge in [-0.3, -0.25) is 9.89 Å². The van der Waals surface area contributed by atoms with Gasteiger partial charge in [0.2, 0.25) is 0 Å². The van der Waals surface area contributed by atoms with Crippen LogP contribution in [-0.2, 0) is 9.92 Å². The van der Waals surface area contributed by atoms with Crippen LogP contribution in [0.5, 0.6) is 0 Å². The molecule has 1 unspecified atom stereocenters. The third-order valence-electron chi connectivity index (χ3n) is 3.88. The largest absolute Gasteiger partial charge is 0.463 e. The first-order chi connectivity index (χ1) is 13.2. The van der Waals surface area contributed by atoms with Crippen LogP contribution in [0.2, 0.25) is 0 Å². The summed E-state index contributed by atoms with van der Waals surface area (Å²) in [4.78, 5) is 27.4. The van der Waals surface area contributed by atoms with Crippen LogP contribution >= 0.6 is 0 Å². The minimum atomic E-state index is -3.63. The fourth-order valence-corrected chi connectivity index (χ4v) is 3.41. The Hall–Kier alpha value is -3.75. The standard InChI is InChI=1S/C17H14N6O4S/c1-10-15(12-4-2-11(8-18)3-5-12)16(24)23(21-10)14-7-6-13(9-20-14)28(19,27)22-17(25)26/h2-7,9,21H,1H3,(H,25,26)(H2,19,22,27). The SMILES string of the molecule is Cc1[nH]n(-c2ccc(S(N)(=O)=NC(=O)O)cn2)c(=O)c1-c1ccc(C#N)cc1. The fraction of sp³-hybridized carbons (Fsp3) is 0.0588. The average Bonchev–Trinajstić information content (AvgIpc) is 2.95. The first-order valence-electron chi connectivity index (χ1n) is 7.79. The number of nitriles is 1. The molecule has 0 aliphatic carbocycles. The minimum Gasteiger partial charge on any atom is -0.463 e. The van der Waals surface area contributed by atoms with E-state index in [0.717, 1.165) is 6.20 Å². The molecule has 28 heavy (non-hydrogen) atoms. The second-order valence-electron chi connectivity index (χ2n) is 5.74. The predicted molar refractivity (Wildman–Crippen MR) is 100 cm³/mol. The Bertz CT molecular complexity index is 1270. The van der Waals surface area contributed by atoms with E-state index in [0.29, 0.717) is 22.4 Å². The molecule has 1 amide bonds. The molecule has 1 aromatic carbocycles. The Kier molecular flexibility index (Phi) is 4.83. The van der Waals surface area contributed by atoms with Crippen LogP contribution in [0.25, 0.3) is 16.9 Å². The average molecular weight is 398 g/mol. The maximum atomic E-state index is 12.8. The molecule has 0 radical (unpaired) electrons. The van der Waals surface area contributed by atoms with Gasteiger partial charge in [-0.25, -0.2) is 23.8 Å². The Balaban J connectivity index is 2.04. The van der Waals surface area contributed by atoms with E-state index in [1.807, 2.05) is 6.07 Å². The number of nitrogens with two attached hydrogens (primary N) is 1. The van der Waals surface area contributed by atoms with Crippen molar-refractivity contribution in [2.75, 3.05) is 0 Å². The molecule has 0 fully saturated rings. The number of benzene rings is 1. The molecule has 0 bridgehead atoms. The van der Waals surface area contributed by atoms with Crippen molar-refractivity contribution in [1.29, 1.82) is 5.26 Å². The molecule has 1 atom stereocenters. The van der Waals surface area contributed by atoms with E-state index < -0.39 is 16.0 Å². The zero-order valence-corrected chi connectivity index (χ0v) is 15.3. The van der Waals surface area contributed by atoms with E-state index >= 15 is 0 Å². The highest BCUT2D eigenvalue weighted by molar-refractivity contribution is 7.91. The van der Waals surface area contributed by atoms with Gasteiger partial charge in [0, 0.05) is 11.9 Å². The summed E-state index contributed by atoms with van der Waals surface area (Å²) in [6.07, 6.45) is -0.548. The monoisotopic (exact) mass is 398 g/mol. The summed E-state index contributed by atoms with van der Waals surface area (Å²) in [7, 11) is -3.63. The molecule has 3 aromatic rings. The summed E-state index contributed by atoms with van der Waals surface area (Å²) in [6, 6.07) is 11.3. The quantitative estimate of drug-likeness (QED) is 0.608. The van der Waals surface area contributed by atoms with Crippen molar-refractivity contribution in [1.82, 2.24) is 14.8 Å². The van der Waals surface area contributed by atoms with Crippen LogP contribution in [0, 0.1) is 18.3 Å². The maximum absolute atomic E-state index is 12.8. The molecule has 2 heterocycles. The molecular formula is C17H14N6O4S. The van der Waals surface area contributed by atoms with Crippen LogP contribution in [0.1, 0.15) is 11.3 Å². The van der Waals surface area contributed by atoms with E-state index in [1.54, 1.807) is 31.2 Å². The Labute approximate surface area is 159 Å². The summed E-state index contributed by atoms with van der Waals surface area (Å²) in [5.41, 5.74) is 1.75. The highest BCUT2D eigenvalue weighted by Crippen LogP contribution is 2.20. The smallest absolute Gasteiger partial charge is 0.440 e. The number of aromatic nitrogens is 3. The van der Waals surface area contributed by atoms with Crippen LogP contribution in [0.15, 0.2) is 56.6 Å². The third-order valence-corrected chi connectivity index (χ3v) is 5.22. The molecule has 11 heteroatoms. The molecule has 2 aromatic heterocycles. The number of pyridine rings is 1. The van der Waals surface area contributed by atoms with E-state index in [9.17, 15) is 13.8 Å². The number of rotatable bonds is 3. The summed E-state index contributed by atoms with van der Waals surface area (Å²) in [5.74, 6) is 0.197. The van der Waals surface area contributed by atoms with E-state index in [2.05, 4.69) is 14.4 Å². The van der Waals surface area contributed by atoms with Crippen molar-refractivity contribution >= 4 is 16.0 Å². The zero-order valence-electron chi connectivity index (χ0n) is 14.5. The number of carboxylic acid groups (broad SMARTS) is 1. The van der Waals surface area contributed by atoms with E-state index in [1.165, 1.54) is 16.8 Å². The van der Waals surface area contributed by atoms with Gasteiger partial charge in [0.05, 0.1) is 22.1 Å². The van der Waals surface area contributed by atoms with Gasteiger partial charge in [-0.05, 0) is 36.8 Å².